The summed E-state index contributed by atoms with van der Waals surface area (Å²) in [6.45, 7) is 4.91. The van der Waals surface area contributed by atoms with Crippen molar-refractivity contribution in [3.05, 3.63) is 50.9 Å². The zero-order chi connectivity index (χ0) is 12.3. The number of aryl methyl sites for hydroxylation is 1. The van der Waals surface area contributed by atoms with E-state index in [-0.39, 0.29) is 6.04 Å². The summed E-state index contributed by atoms with van der Waals surface area (Å²) in [5, 5.41) is 7.42. The van der Waals surface area contributed by atoms with Gasteiger partial charge >= 0.3 is 0 Å². The fourth-order valence-corrected chi connectivity index (χ4v) is 2.68. The molecule has 0 radical (unpaired) electrons. The number of halogens is 1. The molecule has 0 fully saturated rings. The molecule has 0 amide bonds. The fourth-order valence-electron chi connectivity index (χ4n) is 1.66. The highest BCUT2D eigenvalue weighted by Gasteiger charge is 2.09. The number of hydrogen-bond donors (Lipinski definition) is 1. The van der Waals surface area contributed by atoms with Crippen LogP contribution in [0.1, 0.15) is 29.2 Å². The molecular formula is C13H15ClN2S. The van der Waals surface area contributed by atoms with Crippen LogP contribution in [0, 0.1) is 6.92 Å². The van der Waals surface area contributed by atoms with E-state index in [0.29, 0.717) is 0 Å². The summed E-state index contributed by atoms with van der Waals surface area (Å²) in [6.07, 6.45) is 0. The highest BCUT2D eigenvalue weighted by molar-refractivity contribution is 7.09. The molecule has 2 nitrogen and oxygen atoms in total. The third-order valence-electron chi connectivity index (χ3n) is 2.60. The molecule has 4 heteroatoms. The molecule has 0 bridgehead atoms. The summed E-state index contributed by atoms with van der Waals surface area (Å²) in [6, 6.07) is 8.15. The van der Waals surface area contributed by atoms with Crippen LogP contribution in [0.5, 0.6) is 0 Å². The second-order valence-electron chi connectivity index (χ2n) is 4.01. The summed E-state index contributed by atoms with van der Waals surface area (Å²) < 4.78 is 0. The maximum absolute atomic E-state index is 6.15. The molecule has 0 spiro atoms. The molecule has 0 aliphatic rings. The van der Waals surface area contributed by atoms with Crippen LogP contribution in [0.2, 0.25) is 5.02 Å². The normalized spacial score (nSPS) is 12.6. The number of thiazole rings is 1. The highest BCUT2D eigenvalue weighted by Crippen LogP contribution is 2.22. The van der Waals surface area contributed by atoms with Gasteiger partial charge in [0.05, 0.1) is 0 Å². The first-order valence-electron chi connectivity index (χ1n) is 5.55. The van der Waals surface area contributed by atoms with Gasteiger partial charge in [0.25, 0.3) is 0 Å². The van der Waals surface area contributed by atoms with Crippen molar-refractivity contribution in [1.29, 1.82) is 0 Å². The van der Waals surface area contributed by atoms with Gasteiger partial charge < -0.3 is 5.32 Å². The van der Waals surface area contributed by atoms with Gasteiger partial charge in [-0.3, -0.25) is 0 Å². The standard InChI is InChI=1S/C13H15ClN2S/c1-9-8-17-13(16-9)7-15-10(2)11-5-3-4-6-12(11)14/h3-6,8,10,15H,7H2,1-2H3/t10-/m0/s1. The van der Waals surface area contributed by atoms with Gasteiger partial charge in [-0.05, 0) is 25.5 Å². The first-order valence-corrected chi connectivity index (χ1v) is 6.81. The third kappa shape index (κ3) is 3.28. The Morgan fingerprint density at radius 2 is 2.18 bits per heavy atom. The maximum atomic E-state index is 6.15. The number of benzene rings is 1. The van der Waals surface area contributed by atoms with Gasteiger partial charge in [-0.2, -0.15) is 0 Å². The van der Waals surface area contributed by atoms with Gasteiger partial charge in [-0.1, -0.05) is 29.8 Å². The monoisotopic (exact) mass is 266 g/mol. The SMILES string of the molecule is Cc1csc(CN[C@@H](C)c2ccccc2Cl)n1. The molecule has 90 valence electrons. The predicted molar refractivity (Wildman–Crippen MR) is 73.6 cm³/mol. The van der Waals surface area contributed by atoms with Gasteiger partial charge in [0.15, 0.2) is 0 Å². The molecule has 2 rings (SSSR count). The molecule has 17 heavy (non-hydrogen) atoms. The topological polar surface area (TPSA) is 24.9 Å². The van der Waals surface area contributed by atoms with E-state index >= 15 is 0 Å². The minimum absolute atomic E-state index is 0.230. The Morgan fingerprint density at radius 3 is 2.82 bits per heavy atom. The smallest absolute Gasteiger partial charge is 0.107 e. The minimum atomic E-state index is 0.230. The summed E-state index contributed by atoms with van der Waals surface area (Å²) >= 11 is 7.84. The Kier molecular flexibility index (Phi) is 4.15. The second kappa shape index (κ2) is 5.63. The van der Waals surface area contributed by atoms with Crippen molar-refractivity contribution in [2.75, 3.05) is 0 Å². The minimum Gasteiger partial charge on any atom is -0.304 e. The quantitative estimate of drug-likeness (QED) is 0.906. The third-order valence-corrected chi connectivity index (χ3v) is 3.91. The van der Waals surface area contributed by atoms with Crippen LogP contribution in [0.4, 0.5) is 0 Å². The van der Waals surface area contributed by atoms with Crippen molar-refractivity contribution in [3.8, 4) is 0 Å². The van der Waals surface area contributed by atoms with Crippen molar-refractivity contribution >= 4 is 22.9 Å². The summed E-state index contributed by atoms with van der Waals surface area (Å²) in [5.41, 5.74) is 2.21. The number of rotatable bonds is 4. The largest absolute Gasteiger partial charge is 0.304 e. The molecule has 1 aromatic carbocycles. The molecule has 0 saturated heterocycles. The van der Waals surface area contributed by atoms with Crippen LogP contribution < -0.4 is 5.32 Å². The Morgan fingerprint density at radius 1 is 1.41 bits per heavy atom. The zero-order valence-electron chi connectivity index (χ0n) is 9.90. The summed E-state index contributed by atoms with van der Waals surface area (Å²) in [5.74, 6) is 0. The van der Waals surface area contributed by atoms with Crippen molar-refractivity contribution in [3.63, 3.8) is 0 Å². The van der Waals surface area contributed by atoms with E-state index in [0.717, 1.165) is 27.8 Å². The van der Waals surface area contributed by atoms with Crippen LogP contribution in [0.25, 0.3) is 0 Å². The van der Waals surface area contributed by atoms with Crippen LogP contribution in [-0.2, 0) is 6.54 Å². The Bertz CT molecular complexity index is 496. The molecular weight excluding hydrogens is 252 g/mol. The molecule has 1 atom stereocenters. The van der Waals surface area contributed by atoms with E-state index in [1.54, 1.807) is 11.3 Å². The first kappa shape index (κ1) is 12.6. The van der Waals surface area contributed by atoms with E-state index in [1.165, 1.54) is 0 Å². The highest BCUT2D eigenvalue weighted by atomic mass is 35.5. The van der Waals surface area contributed by atoms with E-state index in [4.69, 9.17) is 11.6 Å². The fraction of sp³-hybridized carbons (Fsp3) is 0.308. The van der Waals surface area contributed by atoms with Gasteiger partial charge in [0, 0.05) is 28.7 Å². The Balaban J connectivity index is 1.98. The van der Waals surface area contributed by atoms with Gasteiger partial charge in [0.2, 0.25) is 0 Å². The molecule has 1 N–H and O–H groups in total. The first-order chi connectivity index (χ1) is 8.16. The molecule has 0 unspecified atom stereocenters. The molecule has 0 aliphatic carbocycles. The average Bonchev–Trinajstić information content (AvgIpc) is 2.73. The molecule has 0 aliphatic heterocycles. The van der Waals surface area contributed by atoms with Crippen molar-refractivity contribution in [1.82, 2.24) is 10.3 Å². The van der Waals surface area contributed by atoms with Crippen LogP contribution in [-0.4, -0.2) is 4.98 Å². The molecule has 1 aromatic heterocycles. The van der Waals surface area contributed by atoms with E-state index < -0.39 is 0 Å². The van der Waals surface area contributed by atoms with Gasteiger partial charge in [-0.15, -0.1) is 11.3 Å². The summed E-state index contributed by atoms with van der Waals surface area (Å²) in [7, 11) is 0. The molecule has 1 heterocycles. The lowest BCUT2D eigenvalue weighted by Gasteiger charge is -2.14. The van der Waals surface area contributed by atoms with E-state index in [1.807, 2.05) is 31.2 Å². The van der Waals surface area contributed by atoms with Crippen molar-refractivity contribution < 1.29 is 0 Å². The lowest BCUT2D eigenvalue weighted by atomic mass is 10.1. The van der Waals surface area contributed by atoms with Crippen LogP contribution in [0.15, 0.2) is 29.6 Å². The van der Waals surface area contributed by atoms with Gasteiger partial charge in [0.1, 0.15) is 5.01 Å². The average molecular weight is 267 g/mol. The predicted octanol–water partition coefficient (Wildman–Crippen LogP) is 3.96. The van der Waals surface area contributed by atoms with Crippen LogP contribution in [0.3, 0.4) is 0 Å². The summed E-state index contributed by atoms with van der Waals surface area (Å²) in [4.78, 5) is 4.42. The number of hydrogen-bond acceptors (Lipinski definition) is 3. The lowest BCUT2D eigenvalue weighted by Crippen LogP contribution is -2.18. The number of nitrogens with zero attached hydrogens (tertiary/aromatic N) is 1. The number of nitrogens with one attached hydrogen (secondary N) is 1. The van der Waals surface area contributed by atoms with E-state index in [9.17, 15) is 0 Å². The second-order valence-corrected chi connectivity index (χ2v) is 5.36. The van der Waals surface area contributed by atoms with Crippen LogP contribution >= 0.6 is 22.9 Å². The van der Waals surface area contributed by atoms with E-state index in [2.05, 4.69) is 22.6 Å². The Hall–Kier alpha value is -0.900. The van der Waals surface area contributed by atoms with Crippen molar-refractivity contribution in [2.45, 2.75) is 26.4 Å². The zero-order valence-corrected chi connectivity index (χ0v) is 11.5. The number of aromatic nitrogens is 1. The maximum Gasteiger partial charge on any atom is 0.107 e. The molecule has 2 aromatic rings. The van der Waals surface area contributed by atoms with Crippen molar-refractivity contribution in [2.24, 2.45) is 0 Å². The van der Waals surface area contributed by atoms with Gasteiger partial charge in [-0.25, -0.2) is 4.98 Å². The molecule has 0 saturated carbocycles. The Labute approximate surface area is 111 Å². The lowest BCUT2D eigenvalue weighted by molar-refractivity contribution is 0.573.